The second kappa shape index (κ2) is 7.08. The van der Waals surface area contributed by atoms with Crippen molar-refractivity contribution in [1.29, 1.82) is 0 Å². The van der Waals surface area contributed by atoms with Crippen LogP contribution in [0.1, 0.15) is 50.0 Å². The van der Waals surface area contributed by atoms with Gasteiger partial charge >= 0.3 is 0 Å². The van der Waals surface area contributed by atoms with Gasteiger partial charge in [-0.05, 0) is 61.8 Å². The topological polar surface area (TPSA) is 63.3 Å². The molecule has 2 N–H and O–H groups in total. The highest BCUT2D eigenvalue weighted by Crippen LogP contribution is 2.37. The Morgan fingerprint density at radius 2 is 2.20 bits per heavy atom. The van der Waals surface area contributed by atoms with Crippen LogP contribution in [-0.4, -0.2) is 36.8 Å². The average Bonchev–Trinajstić information content (AvgIpc) is 3.31. The Kier molecular flexibility index (Phi) is 4.66. The number of carbonyl (C=O) groups excluding carboxylic acids is 1. The molecule has 0 bridgehead atoms. The molecule has 5 nitrogen and oxygen atoms in total. The van der Waals surface area contributed by atoms with Gasteiger partial charge in [0.2, 0.25) is 5.91 Å². The SMILES string of the molecule is COc1ccc2[nH]cc([C@@H]3CCC[C@H](NC(=O)[C@@H]4CCCO4)C3)c2c1. The molecule has 2 fully saturated rings. The second-order valence-electron chi connectivity index (χ2n) is 7.23. The molecule has 2 aromatic rings. The maximum atomic E-state index is 12.3. The number of benzene rings is 1. The number of H-pyrrole nitrogens is 1. The summed E-state index contributed by atoms with van der Waals surface area (Å²) in [6.45, 7) is 0.711. The van der Waals surface area contributed by atoms with E-state index in [0.29, 0.717) is 12.5 Å². The van der Waals surface area contributed by atoms with Crippen molar-refractivity contribution >= 4 is 16.8 Å². The van der Waals surface area contributed by atoms with Crippen LogP contribution >= 0.6 is 0 Å². The Hall–Kier alpha value is -2.01. The van der Waals surface area contributed by atoms with E-state index >= 15 is 0 Å². The molecule has 0 unspecified atom stereocenters. The minimum atomic E-state index is -0.238. The number of amides is 1. The fraction of sp³-hybridized carbons (Fsp3) is 0.550. The fourth-order valence-corrected chi connectivity index (χ4v) is 4.27. The summed E-state index contributed by atoms with van der Waals surface area (Å²) in [6.07, 6.45) is 8.07. The summed E-state index contributed by atoms with van der Waals surface area (Å²) in [5, 5.41) is 4.46. The molecular weight excluding hydrogens is 316 g/mol. The molecule has 25 heavy (non-hydrogen) atoms. The predicted octanol–water partition coefficient (Wildman–Crippen LogP) is 3.50. The molecule has 0 radical (unpaired) electrons. The van der Waals surface area contributed by atoms with Crippen molar-refractivity contribution < 1.29 is 14.3 Å². The van der Waals surface area contributed by atoms with Gasteiger partial charge in [0.05, 0.1) is 7.11 Å². The molecule has 1 saturated heterocycles. The normalized spacial score (nSPS) is 26.7. The lowest BCUT2D eigenvalue weighted by Gasteiger charge is -2.30. The third-order valence-electron chi connectivity index (χ3n) is 5.60. The summed E-state index contributed by atoms with van der Waals surface area (Å²) in [5.74, 6) is 1.42. The van der Waals surface area contributed by atoms with Gasteiger partial charge in [0.15, 0.2) is 0 Å². The summed E-state index contributed by atoms with van der Waals surface area (Å²) < 4.78 is 10.9. The van der Waals surface area contributed by atoms with E-state index in [9.17, 15) is 4.79 Å². The van der Waals surface area contributed by atoms with Crippen LogP contribution in [0.3, 0.4) is 0 Å². The molecule has 1 saturated carbocycles. The van der Waals surface area contributed by atoms with E-state index < -0.39 is 0 Å². The third-order valence-corrected chi connectivity index (χ3v) is 5.60. The van der Waals surface area contributed by atoms with Crippen LogP contribution in [0.25, 0.3) is 10.9 Å². The van der Waals surface area contributed by atoms with Gasteiger partial charge in [-0.1, -0.05) is 6.42 Å². The van der Waals surface area contributed by atoms with Gasteiger partial charge in [-0.25, -0.2) is 0 Å². The van der Waals surface area contributed by atoms with E-state index in [1.807, 2.05) is 6.07 Å². The number of hydrogen-bond acceptors (Lipinski definition) is 3. The maximum Gasteiger partial charge on any atom is 0.249 e. The Morgan fingerprint density at radius 3 is 3.00 bits per heavy atom. The van der Waals surface area contributed by atoms with Gasteiger partial charge in [0.1, 0.15) is 11.9 Å². The first-order valence-corrected chi connectivity index (χ1v) is 9.31. The van der Waals surface area contributed by atoms with Crippen molar-refractivity contribution in [2.75, 3.05) is 13.7 Å². The van der Waals surface area contributed by atoms with E-state index in [-0.39, 0.29) is 18.1 Å². The van der Waals surface area contributed by atoms with E-state index in [4.69, 9.17) is 9.47 Å². The van der Waals surface area contributed by atoms with Gasteiger partial charge in [0.25, 0.3) is 0 Å². The van der Waals surface area contributed by atoms with Crippen LogP contribution in [-0.2, 0) is 9.53 Å². The van der Waals surface area contributed by atoms with Crippen molar-refractivity contribution in [3.63, 3.8) is 0 Å². The number of aromatic nitrogens is 1. The molecule has 1 aromatic heterocycles. The first-order chi connectivity index (χ1) is 12.2. The number of ether oxygens (including phenoxy) is 2. The first-order valence-electron chi connectivity index (χ1n) is 9.31. The lowest BCUT2D eigenvalue weighted by Crippen LogP contribution is -2.43. The van der Waals surface area contributed by atoms with Gasteiger partial charge in [-0.3, -0.25) is 4.79 Å². The van der Waals surface area contributed by atoms with E-state index in [1.54, 1.807) is 7.11 Å². The minimum absolute atomic E-state index is 0.0729. The van der Waals surface area contributed by atoms with Crippen molar-refractivity contribution in [3.05, 3.63) is 30.0 Å². The molecule has 1 amide bonds. The number of methoxy groups -OCH3 is 1. The molecule has 4 rings (SSSR count). The molecule has 1 aliphatic carbocycles. The summed E-state index contributed by atoms with van der Waals surface area (Å²) in [5.41, 5.74) is 2.48. The molecular formula is C20H26N2O3. The summed E-state index contributed by atoms with van der Waals surface area (Å²) >= 11 is 0. The quantitative estimate of drug-likeness (QED) is 0.894. The largest absolute Gasteiger partial charge is 0.497 e. The number of hydrogen-bond donors (Lipinski definition) is 2. The van der Waals surface area contributed by atoms with Crippen molar-refractivity contribution in [2.24, 2.45) is 0 Å². The minimum Gasteiger partial charge on any atom is -0.497 e. The van der Waals surface area contributed by atoms with E-state index in [0.717, 1.165) is 49.8 Å². The maximum absolute atomic E-state index is 12.3. The number of carbonyl (C=O) groups is 1. The van der Waals surface area contributed by atoms with E-state index in [1.165, 1.54) is 10.9 Å². The van der Waals surface area contributed by atoms with Crippen LogP contribution in [0.2, 0.25) is 0 Å². The van der Waals surface area contributed by atoms with Crippen LogP contribution in [0, 0.1) is 0 Å². The number of fused-ring (bicyclic) bond motifs is 1. The van der Waals surface area contributed by atoms with Crippen LogP contribution < -0.4 is 10.1 Å². The molecule has 5 heteroatoms. The Bertz CT molecular complexity index is 748. The lowest BCUT2D eigenvalue weighted by molar-refractivity contribution is -0.131. The van der Waals surface area contributed by atoms with Gasteiger partial charge < -0.3 is 19.8 Å². The average molecular weight is 342 g/mol. The Balaban J connectivity index is 1.48. The van der Waals surface area contributed by atoms with Gasteiger partial charge in [-0.2, -0.15) is 0 Å². The number of nitrogens with one attached hydrogen (secondary N) is 2. The molecule has 134 valence electrons. The molecule has 1 aromatic carbocycles. The van der Waals surface area contributed by atoms with Crippen molar-refractivity contribution in [2.45, 2.75) is 56.6 Å². The van der Waals surface area contributed by atoms with Crippen molar-refractivity contribution in [3.8, 4) is 5.75 Å². The lowest BCUT2D eigenvalue weighted by atomic mass is 9.81. The standard InChI is InChI=1S/C20H26N2O3/c1-24-15-7-8-18-16(11-15)17(12-21-18)13-4-2-5-14(10-13)22-20(23)19-6-3-9-25-19/h7-8,11-14,19,21H,2-6,9-10H2,1H3,(H,22,23)/t13-,14+,19+/m1/s1. The van der Waals surface area contributed by atoms with Crippen LogP contribution in [0.15, 0.2) is 24.4 Å². The van der Waals surface area contributed by atoms with Gasteiger partial charge in [0, 0.05) is 29.7 Å². The summed E-state index contributed by atoms with van der Waals surface area (Å²) in [7, 11) is 1.70. The fourth-order valence-electron chi connectivity index (χ4n) is 4.27. The first kappa shape index (κ1) is 16.5. The predicted molar refractivity (Wildman–Crippen MR) is 97.0 cm³/mol. The third kappa shape index (κ3) is 3.38. The smallest absolute Gasteiger partial charge is 0.249 e. The monoisotopic (exact) mass is 342 g/mol. The Labute approximate surface area is 148 Å². The zero-order valence-electron chi connectivity index (χ0n) is 14.7. The zero-order valence-corrected chi connectivity index (χ0v) is 14.7. The zero-order chi connectivity index (χ0) is 17.2. The highest BCUT2D eigenvalue weighted by atomic mass is 16.5. The highest BCUT2D eigenvalue weighted by molar-refractivity contribution is 5.85. The number of rotatable bonds is 4. The molecule has 0 spiro atoms. The van der Waals surface area contributed by atoms with Gasteiger partial charge in [-0.15, -0.1) is 0 Å². The molecule has 2 aliphatic rings. The van der Waals surface area contributed by atoms with Crippen LogP contribution in [0.4, 0.5) is 0 Å². The van der Waals surface area contributed by atoms with Crippen LogP contribution in [0.5, 0.6) is 5.75 Å². The number of aromatic amines is 1. The van der Waals surface area contributed by atoms with Crippen molar-refractivity contribution in [1.82, 2.24) is 10.3 Å². The molecule has 2 heterocycles. The Morgan fingerprint density at radius 1 is 1.28 bits per heavy atom. The highest BCUT2D eigenvalue weighted by Gasteiger charge is 2.29. The van der Waals surface area contributed by atoms with E-state index in [2.05, 4.69) is 28.6 Å². The molecule has 1 aliphatic heterocycles. The summed E-state index contributed by atoms with van der Waals surface area (Å²) in [4.78, 5) is 15.7. The molecule has 3 atom stereocenters. The summed E-state index contributed by atoms with van der Waals surface area (Å²) in [6, 6.07) is 6.40. The second-order valence-corrected chi connectivity index (χ2v) is 7.23.